The number of aromatic nitrogens is 2. The maximum absolute atomic E-state index is 9.83. The number of thiophene rings is 1. The van der Waals surface area contributed by atoms with Crippen LogP contribution in [0.4, 0.5) is 5.82 Å². The minimum atomic E-state index is -0.250. The molecule has 0 radical (unpaired) electrons. The smallest absolute Gasteiger partial charge is 0.138 e. The molecule has 1 saturated carbocycles. The van der Waals surface area contributed by atoms with E-state index in [-0.39, 0.29) is 6.10 Å². The molecule has 1 fully saturated rings. The van der Waals surface area contributed by atoms with Crippen molar-refractivity contribution in [1.29, 1.82) is 0 Å². The van der Waals surface area contributed by atoms with Gasteiger partial charge in [-0.15, -0.1) is 11.3 Å². The molecule has 2 heterocycles. The fraction of sp³-hybridized carbons (Fsp3) is 0.667. The lowest BCUT2D eigenvalue weighted by Crippen LogP contribution is -2.23. The number of fused-ring (bicyclic) bond motifs is 3. The Morgan fingerprint density at radius 3 is 2.87 bits per heavy atom. The number of hydrogen-bond acceptors (Lipinski definition) is 5. The number of nitrogens with one attached hydrogen (secondary N) is 1. The van der Waals surface area contributed by atoms with Crippen molar-refractivity contribution in [1.82, 2.24) is 9.97 Å². The average Bonchev–Trinajstić information content (AvgIpc) is 3.08. The molecule has 0 saturated heterocycles. The van der Waals surface area contributed by atoms with Crippen LogP contribution in [0.5, 0.6) is 0 Å². The van der Waals surface area contributed by atoms with E-state index in [9.17, 15) is 5.11 Å². The van der Waals surface area contributed by atoms with Crippen LogP contribution >= 0.6 is 11.3 Å². The van der Waals surface area contributed by atoms with E-state index in [1.54, 1.807) is 6.33 Å². The minimum Gasteiger partial charge on any atom is -0.393 e. The molecule has 0 spiro atoms. The van der Waals surface area contributed by atoms with Crippen molar-refractivity contribution in [3.63, 3.8) is 0 Å². The zero-order valence-corrected chi connectivity index (χ0v) is 14.5. The van der Waals surface area contributed by atoms with Crippen molar-refractivity contribution < 1.29 is 5.11 Å². The Labute approximate surface area is 141 Å². The molecular weight excluding hydrogens is 306 g/mol. The Kier molecular flexibility index (Phi) is 4.24. The van der Waals surface area contributed by atoms with Crippen molar-refractivity contribution >= 4 is 27.4 Å². The molecule has 2 aliphatic rings. The minimum absolute atomic E-state index is 0.250. The molecule has 2 aromatic rings. The van der Waals surface area contributed by atoms with Crippen LogP contribution in [-0.2, 0) is 6.42 Å². The first-order valence-electron chi connectivity index (χ1n) is 8.93. The Bertz CT molecular complexity index is 691. The van der Waals surface area contributed by atoms with E-state index < -0.39 is 0 Å². The van der Waals surface area contributed by atoms with Crippen LogP contribution in [0, 0.1) is 0 Å². The molecule has 2 N–H and O–H groups in total. The van der Waals surface area contributed by atoms with Crippen LogP contribution in [0.1, 0.15) is 68.2 Å². The first-order valence-corrected chi connectivity index (χ1v) is 9.75. The second kappa shape index (κ2) is 6.36. The fourth-order valence-corrected chi connectivity index (χ4v) is 5.51. The predicted octanol–water partition coefficient (Wildman–Crippen LogP) is 4.24. The zero-order chi connectivity index (χ0) is 15.8. The van der Waals surface area contributed by atoms with Gasteiger partial charge in [-0.3, -0.25) is 0 Å². The monoisotopic (exact) mass is 331 g/mol. The summed E-state index contributed by atoms with van der Waals surface area (Å²) in [5.74, 6) is 1.48. The van der Waals surface area contributed by atoms with Gasteiger partial charge in [0.15, 0.2) is 0 Å². The zero-order valence-electron chi connectivity index (χ0n) is 13.7. The molecule has 2 atom stereocenters. The first kappa shape index (κ1) is 15.3. The van der Waals surface area contributed by atoms with Crippen molar-refractivity contribution in [2.75, 3.05) is 5.32 Å². The van der Waals surface area contributed by atoms with Gasteiger partial charge in [0.1, 0.15) is 17.0 Å². The van der Waals surface area contributed by atoms with Gasteiger partial charge in [-0.2, -0.15) is 0 Å². The van der Waals surface area contributed by atoms with E-state index in [2.05, 4.69) is 15.3 Å². The van der Waals surface area contributed by atoms with Gasteiger partial charge >= 0.3 is 0 Å². The summed E-state index contributed by atoms with van der Waals surface area (Å²) >= 11 is 1.82. The summed E-state index contributed by atoms with van der Waals surface area (Å²) in [7, 11) is 0. The van der Waals surface area contributed by atoms with Crippen LogP contribution in [-0.4, -0.2) is 27.2 Å². The van der Waals surface area contributed by atoms with E-state index in [1.807, 2.05) is 18.3 Å². The van der Waals surface area contributed by atoms with Crippen LogP contribution in [0.2, 0.25) is 0 Å². The summed E-state index contributed by atoms with van der Waals surface area (Å²) in [6.07, 6.45) is 11.1. The Balaban J connectivity index is 1.71. The van der Waals surface area contributed by atoms with Gasteiger partial charge in [0, 0.05) is 10.9 Å². The number of aliphatic hydroxyl groups is 1. The van der Waals surface area contributed by atoms with E-state index in [4.69, 9.17) is 0 Å². The third-order valence-corrected chi connectivity index (χ3v) is 6.48. The number of aryl methyl sites for hydroxylation is 1. The largest absolute Gasteiger partial charge is 0.393 e. The second-order valence-corrected chi connectivity index (χ2v) is 8.22. The van der Waals surface area contributed by atoms with E-state index in [0.717, 1.165) is 29.9 Å². The molecule has 4 nitrogen and oxygen atoms in total. The summed E-state index contributed by atoms with van der Waals surface area (Å²) in [4.78, 5) is 11.7. The molecule has 2 aliphatic carbocycles. The van der Waals surface area contributed by atoms with Gasteiger partial charge in [0.25, 0.3) is 0 Å². The standard InChI is InChI=1S/C18H25N3OS/c1-11(22)9-12-7-8-14-15(12)16-17(19-10-20-18(16)23-14)21-13-5-3-2-4-6-13/h10-13,22H,2-9H2,1H3,(H,19,20,21)/t11?,12-/m1/s1. The predicted molar refractivity (Wildman–Crippen MR) is 95.3 cm³/mol. The lowest BCUT2D eigenvalue weighted by atomic mass is 9.94. The Hall–Kier alpha value is -1.20. The maximum Gasteiger partial charge on any atom is 0.138 e. The van der Waals surface area contributed by atoms with E-state index in [1.165, 1.54) is 47.9 Å². The molecule has 23 heavy (non-hydrogen) atoms. The number of hydrogen-bond donors (Lipinski definition) is 2. The average molecular weight is 331 g/mol. The quantitative estimate of drug-likeness (QED) is 0.880. The molecule has 124 valence electrons. The molecule has 2 aromatic heterocycles. The van der Waals surface area contributed by atoms with Crippen molar-refractivity contribution in [3.8, 4) is 0 Å². The summed E-state index contributed by atoms with van der Waals surface area (Å²) < 4.78 is 0. The SMILES string of the molecule is CC(O)C[C@H]1CCc2sc3ncnc(NC4CCCCC4)c3c21. The molecule has 1 unspecified atom stereocenters. The fourth-order valence-electron chi connectivity index (χ4n) is 4.26. The highest BCUT2D eigenvalue weighted by Crippen LogP contribution is 2.47. The van der Waals surface area contributed by atoms with Crippen LogP contribution in [0.25, 0.3) is 10.2 Å². The number of aliphatic hydroxyl groups excluding tert-OH is 1. The highest BCUT2D eigenvalue weighted by Gasteiger charge is 2.30. The highest BCUT2D eigenvalue weighted by molar-refractivity contribution is 7.19. The van der Waals surface area contributed by atoms with Crippen molar-refractivity contribution in [2.24, 2.45) is 0 Å². The van der Waals surface area contributed by atoms with Gasteiger partial charge < -0.3 is 10.4 Å². The van der Waals surface area contributed by atoms with Gasteiger partial charge in [0.05, 0.1) is 11.5 Å². The second-order valence-electron chi connectivity index (χ2n) is 7.14. The van der Waals surface area contributed by atoms with Crippen molar-refractivity contribution in [3.05, 3.63) is 16.8 Å². The molecule has 0 bridgehead atoms. The molecule has 5 heteroatoms. The lowest BCUT2D eigenvalue weighted by molar-refractivity contribution is 0.174. The molecule has 0 amide bonds. The van der Waals surface area contributed by atoms with Gasteiger partial charge in [-0.05, 0) is 50.5 Å². The Morgan fingerprint density at radius 2 is 2.09 bits per heavy atom. The molecule has 4 rings (SSSR count). The third-order valence-electron chi connectivity index (χ3n) is 5.30. The van der Waals surface area contributed by atoms with Gasteiger partial charge in [-0.1, -0.05) is 19.3 Å². The van der Waals surface area contributed by atoms with Crippen LogP contribution in [0.15, 0.2) is 6.33 Å². The van der Waals surface area contributed by atoms with Crippen LogP contribution in [0.3, 0.4) is 0 Å². The Morgan fingerprint density at radius 1 is 1.26 bits per heavy atom. The summed E-state index contributed by atoms with van der Waals surface area (Å²) in [6.45, 7) is 1.89. The molecular formula is C18H25N3OS. The summed E-state index contributed by atoms with van der Waals surface area (Å²) in [5, 5.41) is 14.8. The lowest BCUT2D eigenvalue weighted by Gasteiger charge is -2.24. The van der Waals surface area contributed by atoms with Gasteiger partial charge in [0.2, 0.25) is 0 Å². The maximum atomic E-state index is 9.83. The number of nitrogens with zero attached hydrogens (tertiary/aromatic N) is 2. The number of anilines is 1. The molecule has 0 aliphatic heterocycles. The summed E-state index contributed by atoms with van der Waals surface area (Å²) in [6, 6.07) is 0.550. The highest BCUT2D eigenvalue weighted by atomic mass is 32.1. The third kappa shape index (κ3) is 2.96. The van der Waals surface area contributed by atoms with Crippen molar-refractivity contribution in [2.45, 2.75) is 76.4 Å². The molecule has 0 aromatic carbocycles. The first-order chi connectivity index (χ1) is 11.2. The topological polar surface area (TPSA) is 58.0 Å². The summed E-state index contributed by atoms with van der Waals surface area (Å²) in [5.41, 5.74) is 1.42. The van der Waals surface area contributed by atoms with E-state index in [0.29, 0.717) is 12.0 Å². The van der Waals surface area contributed by atoms with E-state index >= 15 is 0 Å². The number of rotatable bonds is 4. The normalized spacial score (nSPS) is 23.1. The van der Waals surface area contributed by atoms with Crippen LogP contribution < -0.4 is 5.32 Å². The van der Waals surface area contributed by atoms with Gasteiger partial charge in [-0.25, -0.2) is 9.97 Å².